The van der Waals surface area contributed by atoms with Crippen molar-refractivity contribution in [2.24, 2.45) is 0 Å². The summed E-state index contributed by atoms with van der Waals surface area (Å²) in [6.45, 7) is 4.21. The van der Waals surface area contributed by atoms with Crippen molar-refractivity contribution in [3.05, 3.63) is 36.5 Å². The highest BCUT2D eigenvalue weighted by Gasteiger charge is 2.29. The lowest BCUT2D eigenvalue weighted by Gasteiger charge is -2.31. The predicted molar refractivity (Wildman–Crippen MR) is 257 cm³/mol. The maximum absolute atomic E-state index is 12.9. The molecule has 0 bridgehead atoms. The topological polar surface area (TPSA) is 128 Å². The highest BCUT2D eigenvalue weighted by molar-refractivity contribution is 7.45. The van der Waals surface area contributed by atoms with Gasteiger partial charge in [-0.25, -0.2) is 0 Å². The number of nitrogens with one attached hydrogen (secondary N) is 1. The number of amides is 1. The summed E-state index contributed by atoms with van der Waals surface area (Å²) in [7, 11) is 1.10. The first-order chi connectivity index (χ1) is 29.4. The molecule has 0 aliphatic heterocycles. The number of nitrogens with zero attached hydrogens (tertiary/aromatic N) is 1. The minimum Gasteiger partial charge on any atom is -0.756 e. The van der Waals surface area contributed by atoms with Gasteiger partial charge in [-0.15, -0.1) is 0 Å². The molecule has 1 amide bonds. The van der Waals surface area contributed by atoms with Gasteiger partial charge in [0, 0.05) is 6.42 Å². The van der Waals surface area contributed by atoms with Crippen LogP contribution >= 0.6 is 7.82 Å². The third kappa shape index (κ3) is 43.7. The molecular formula is C51H99N2O7P. The SMILES string of the molecule is C/C=C/CC/C=C/CC/C=C/CCCC(O)C(O)C(COP(=O)([O-])OCC[N+](C)(C)C)NC(=O)CCCCCCCCCCCCCCCCCCCCCCCCCCC. The fourth-order valence-corrected chi connectivity index (χ4v) is 8.19. The molecule has 61 heavy (non-hydrogen) atoms. The number of aliphatic hydroxyl groups excluding tert-OH is 2. The average Bonchev–Trinajstić information content (AvgIpc) is 3.21. The average molecular weight is 883 g/mol. The van der Waals surface area contributed by atoms with Gasteiger partial charge >= 0.3 is 0 Å². The van der Waals surface area contributed by atoms with E-state index in [9.17, 15) is 24.5 Å². The predicted octanol–water partition coefficient (Wildman–Crippen LogP) is 13.0. The van der Waals surface area contributed by atoms with Crippen LogP contribution in [0.4, 0.5) is 0 Å². The highest BCUT2D eigenvalue weighted by Crippen LogP contribution is 2.38. The van der Waals surface area contributed by atoms with Crippen LogP contribution in [0.2, 0.25) is 0 Å². The van der Waals surface area contributed by atoms with Crippen LogP contribution in [0.1, 0.15) is 226 Å². The van der Waals surface area contributed by atoms with Crippen LogP contribution in [-0.4, -0.2) is 79.8 Å². The summed E-state index contributed by atoms with van der Waals surface area (Å²) in [5.41, 5.74) is 0. The van der Waals surface area contributed by atoms with Crippen molar-refractivity contribution >= 4 is 13.7 Å². The van der Waals surface area contributed by atoms with Crippen molar-refractivity contribution < 1.29 is 38.0 Å². The minimum atomic E-state index is -4.68. The van der Waals surface area contributed by atoms with Crippen molar-refractivity contribution in [2.75, 3.05) is 40.9 Å². The Kier molecular flexibility index (Phi) is 41.7. The molecule has 0 saturated carbocycles. The molecule has 3 N–H and O–H groups in total. The molecule has 0 fully saturated rings. The van der Waals surface area contributed by atoms with E-state index in [4.69, 9.17) is 9.05 Å². The second-order valence-electron chi connectivity index (χ2n) is 18.7. The van der Waals surface area contributed by atoms with Gasteiger partial charge in [0.15, 0.2) is 0 Å². The molecule has 0 saturated heterocycles. The summed E-state index contributed by atoms with van der Waals surface area (Å²) in [4.78, 5) is 25.4. The molecule has 0 aliphatic rings. The molecule has 0 spiro atoms. The van der Waals surface area contributed by atoms with E-state index in [2.05, 4.69) is 48.7 Å². The van der Waals surface area contributed by atoms with Crippen LogP contribution < -0.4 is 10.2 Å². The number of unbranched alkanes of at least 4 members (excludes halogenated alkanes) is 27. The Bertz CT molecular complexity index is 1110. The Balaban J connectivity index is 4.26. The third-order valence-corrected chi connectivity index (χ3v) is 12.5. The molecule has 0 rings (SSSR count). The van der Waals surface area contributed by atoms with Crippen LogP contribution in [0.3, 0.4) is 0 Å². The molecular weight excluding hydrogens is 784 g/mol. The van der Waals surface area contributed by atoms with Gasteiger partial charge in [-0.3, -0.25) is 9.36 Å². The van der Waals surface area contributed by atoms with Crippen LogP contribution in [0, 0.1) is 0 Å². The van der Waals surface area contributed by atoms with Crippen molar-refractivity contribution in [2.45, 2.75) is 244 Å². The van der Waals surface area contributed by atoms with Crippen LogP contribution in [-0.2, 0) is 18.4 Å². The number of allylic oxidation sites excluding steroid dienone is 6. The Morgan fingerprint density at radius 3 is 1.41 bits per heavy atom. The number of quaternary nitrogens is 1. The number of hydrogen-bond donors (Lipinski definition) is 3. The van der Waals surface area contributed by atoms with E-state index in [-0.39, 0.29) is 18.9 Å². The largest absolute Gasteiger partial charge is 0.756 e. The Morgan fingerprint density at radius 2 is 1.00 bits per heavy atom. The number of rotatable bonds is 46. The summed E-state index contributed by atoms with van der Waals surface area (Å²) in [6, 6.07) is -1.10. The number of aliphatic hydroxyl groups is 2. The molecule has 9 nitrogen and oxygen atoms in total. The lowest BCUT2D eigenvalue weighted by Crippen LogP contribution is -2.51. The lowest BCUT2D eigenvalue weighted by atomic mass is 10.0. The van der Waals surface area contributed by atoms with Crippen LogP contribution in [0.15, 0.2) is 36.5 Å². The molecule has 0 aromatic carbocycles. The van der Waals surface area contributed by atoms with Gasteiger partial charge in [-0.2, -0.15) is 0 Å². The van der Waals surface area contributed by atoms with Gasteiger partial charge < -0.3 is 34.0 Å². The summed E-state index contributed by atoms with van der Waals surface area (Å²) < 4.78 is 23.2. The summed E-state index contributed by atoms with van der Waals surface area (Å²) in [6.07, 6.45) is 49.4. The number of phosphoric ester groups is 1. The van der Waals surface area contributed by atoms with E-state index in [1.54, 1.807) is 0 Å². The first-order valence-electron chi connectivity index (χ1n) is 25.4. The van der Waals surface area contributed by atoms with E-state index < -0.39 is 32.7 Å². The van der Waals surface area contributed by atoms with Crippen molar-refractivity contribution in [3.8, 4) is 0 Å². The molecule has 360 valence electrons. The Morgan fingerprint density at radius 1 is 0.607 bits per heavy atom. The van der Waals surface area contributed by atoms with Crippen LogP contribution in [0.5, 0.6) is 0 Å². The zero-order valence-electron chi connectivity index (χ0n) is 40.5. The van der Waals surface area contributed by atoms with E-state index in [0.29, 0.717) is 30.3 Å². The Hall–Kier alpha value is -1.32. The van der Waals surface area contributed by atoms with E-state index in [0.717, 1.165) is 51.4 Å². The first kappa shape index (κ1) is 59.7. The Labute approximate surface area is 377 Å². The second kappa shape index (κ2) is 42.6. The lowest BCUT2D eigenvalue weighted by molar-refractivity contribution is -0.870. The summed E-state index contributed by atoms with van der Waals surface area (Å²) in [5, 5.41) is 24.6. The smallest absolute Gasteiger partial charge is 0.268 e. The molecule has 0 radical (unpaired) electrons. The quantitative estimate of drug-likeness (QED) is 0.0240. The minimum absolute atomic E-state index is 0.0492. The van der Waals surface area contributed by atoms with Gasteiger partial charge in [0.25, 0.3) is 7.82 Å². The van der Waals surface area contributed by atoms with Crippen molar-refractivity contribution in [1.29, 1.82) is 0 Å². The van der Waals surface area contributed by atoms with Gasteiger partial charge in [0.1, 0.15) is 19.3 Å². The fraction of sp³-hybridized carbons (Fsp3) is 0.863. The van der Waals surface area contributed by atoms with E-state index in [1.165, 1.54) is 135 Å². The normalized spacial score (nSPS) is 15.0. The maximum Gasteiger partial charge on any atom is 0.268 e. The molecule has 10 heteroatoms. The van der Waals surface area contributed by atoms with Gasteiger partial charge in [0.2, 0.25) is 5.91 Å². The number of phosphoric acid groups is 1. The first-order valence-corrected chi connectivity index (χ1v) is 26.8. The van der Waals surface area contributed by atoms with Gasteiger partial charge in [0.05, 0.1) is 39.9 Å². The monoisotopic (exact) mass is 883 g/mol. The molecule has 4 unspecified atom stereocenters. The molecule has 0 aliphatic carbocycles. The third-order valence-electron chi connectivity index (χ3n) is 11.5. The number of carbonyl (C=O) groups excluding carboxylic acids is 1. The number of hydrogen-bond acceptors (Lipinski definition) is 7. The second-order valence-corrected chi connectivity index (χ2v) is 20.1. The molecule has 0 aromatic rings. The van der Waals surface area contributed by atoms with E-state index >= 15 is 0 Å². The number of likely N-dealkylation sites (N-methyl/N-ethyl adjacent to an activating group) is 1. The zero-order chi connectivity index (χ0) is 45.1. The standard InChI is InChI=1S/C51H99N2O7P/c1-6-8-10-12-14-16-18-20-21-22-23-24-25-26-27-28-29-30-31-32-34-36-38-40-42-44-50(55)52-48(47-60-61(57,58)59-46-45-53(3,4)5)51(56)49(54)43-41-39-37-35-33-19-17-15-13-11-9-7-2/h7,9,15,17,35,37,48-49,51,54,56H,6,8,10-14,16,18-34,36,38-47H2,1-5H3,(H-,52,55,57,58)/b9-7+,17-15+,37-35+. The molecule has 0 aromatic heterocycles. The molecule has 4 atom stereocenters. The highest BCUT2D eigenvalue weighted by atomic mass is 31.2. The summed E-state index contributed by atoms with van der Waals surface area (Å²) in [5.74, 6) is -0.292. The summed E-state index contributed by atoms with van der Waals surface area (Å²) >= 11 is 0. The van der Waals surface area contributed by atoms with Crippen molar-refractivity contribution in [3.63, 3.8) is 0 Å². The zero-order valence-corrected chi connectivity index (χ0v) is 41.4. The fourth-order valence-electron chi connectivity index (χ4n) is 7.47. The molecule has 0 heterocycles. The number of carbonyl (C=O) groups is 1. The van der Waals surface area contributed by atoms with E-state index in [1.807, 2.05) is 28.1 Å². The van der Waals surface area contributed by atoms with Crippen molar-refractivity contribution in [1.82, 2.24) is 5.32 Å². The van der Waals surface area contributed by atoms with Gasteiger partial charge in [-0.1, -0.05) is 197 Å². The maximum atomic E-state index is 12.9. The van der Waals surface area contributed by atoms with Gasteiger partial charge in [-0.05, 0) is 58.3 Å². The van der Waals surface area contributed by atoms with Crippen LogP contribution in [0.25, 0.3) is 0 Å².